The van der Waals surface area contributed by atoms with Crippen LogP contribution in [-0.2, 0) is 9.47 Å². The third kappa shape index (κ3) is 3.32. The van der Waals surface area contributed by atoms with Crippen LogP contribution in [0.15, 0.2) is 24.3 Å². The van der Waals surface area contributed by atoms with Gasteiger partial charge in [0.15, 0.2) is 0 Å². The Kier molecular flexibility index (Phi) is 5.50. The van der Waals surface area contributed by atoms with Crippen LogP contribution in [0.1, 0.15) is 36.8 Å². The van der Waals surface area contributed by atoms with E-state index in [0.29, 0.717) is 25.0 Å². The van der Waals surface area contributed by atoms with Gasteiger partial charge in [-0.2, -0.15) is 0 Å². The minimum atomic E-state index is 0.327. The van der Waals surface area contributed by atoms with Crippen LogP contribution in [0.25, 0.3) is 0 Å². The zero-order valence-corrected chi connectivity index (χ0v) is 10.7. The molecule has 0 saturated heterocycles. The maximum atomic E-state index is 5.27. The second-order valence-electron chi connectivity index (χ2n) is 4.39. The van der Waals surface area contributed by atoms with Crippen molar-refractivity contribution in [2.75, 3.05) is 27.4 Å². The standard InChI is InChI=1S/C14H22O2/c1-11(2)13-7-5-6-8-14(13)12(9-15-3)10-16-4/h5-8,11-12H,9-10H2,1-4H3. The topological polar surface area (TPSA) is 18.5 Å². The van der Waals surface area contributed by atoms with Gasteiger partial charge in [-0.25, -0.2) is 0 Å². The molecule has 2 heteroatoms. The van der Waals surface area contributed by atoms with Gasteiger partial charge >= 0.3 is 0 Å². The van der Waals surface area contributed by atoms with E-state index >= 15 is 0 Å². The highest BCUT2D eigenvalue weighted by Crippen LogP contribution is 2.26. The van der Waals surface area contributed by atoms with Crippen LogP contribution in [0.4, 0.5) is 0 Å². The minimum Gasteiger partial charge on any atom is -0.384 e. The Morgan fingerprint density at radius 3 is 1.88 bits per heavy atom. The van der Waals surface area contributed by atoms with Crippen molar-refractivity contribution in [2.45, 2.75) is 25.7 Å². The predicted molar refractivity (Wildman–Crippen MR) is 67.0 cm³/mol. The predicted octanol–water partition coefficient (Wildman–Crippen LogP) is 3.19. The van der Waals surface area contributed by atoms with Crippen molar-refractivity contribution in [1.29, 1.82) is 0 Å². The summed E-state index contributed by atoms with van der Waals surface area (Å²) in [6.45, 7) is 5.85. The van der Waals surface area contributed by atoms with Gasteiger partial charge in [0.1, 0.15) is 0 Å². The number of ether oxygens (including phenoxy) is 2. The second-order valence-corrected chi connectivity index (χ2v) is 4.39. The second kappa shape index (κ2) is 6.66. The van der Waals surface area contributed by atoms with E-state index in [1.165, 1.54) is 11.1 Å². The molecule has 0 atom stereocenters. The molecule has 0 unspecified atom stereocenters. The Hall–Kier alpha value is -0.860. The molecule has 16 heavy (non-hydrogen) atoms. The van der Waals surface area contributed by atoms with Crippen molar-refractivity contribution in [2.24, 2.45) is 0 Å². The maximum absolute atomic E-state index is 5.27. The molecule has 0 aliphatic rings. The van der Waals surface area contributed by atoms with Gasteiger partial charge in [-0.05, 0) is 17.0 Å². The molecule has 90 valence electrons. The number of rotatable bonds is 6. The normalized spacial score (nSPS) is 11.4. The van der Waals surface area contributed by atoms with Gasteiger partial charge in [0, 0.05) is 20.1 Å². The van der Waals surface area contributed by atoms with Crippen LogP contribution in [0.2, 0.25) is 0 Å². The summed E-state index contributed by atoms with van der Waals surface area (Å²) in [5.74, 6) is 0.862. The summed E-state index contributed by atoms with van der Waals surface area (Å²) in [5.41, 5.74) is 2.74. The summed E-state index contributed by atoms with van der Waals surface area (Å²) in [5, 5.41) is 0. The minimum absolute atomic E-state index is 0.327. The van der Waals surface area contributed by atoms with Crippen molar-refractivity contribution < 1.29 is 9.47 Å². The lowest BCUT2D eigenvalue weighted by Crippen LogP contribution is -2.14. The zero-order valence-electron chi connectivity index (χ0n) is 10.7. The summed E-state index contributed by atoms with van der Waals surface area (Å²) in [6, 6.07) is 8.55. The van der Waals surface area contributed by atoms with E-state index in [-0.39, 0.29) is 0 Å². The highest BCUT2D eigenvalue weighted by atomic mass is 16.5. The maximum Gasteiger partial charge on any atom is 0.0553 e. The number of benzene rings is 1. The molecular weight excluding hydrogens is 200 g/mol. The quantitative estimate of drug-likeness (QED) is 0.736. The molecule has 1 aromatic rings. The van der Waals surface area contributed by atoms with Crippen LogP contribution in [0, 0.1) is 0 Å². The lowest BCUT2D eigenvalue weighted by atomic mass is 9.89. The smallest absolute Gasteiger partial charge is 0.0553 e. The molecule has 2 nitrogen and oxygen atoms in total. The van der Waals surface area contributed by atoms with Gasteiger partial charge in [0.05, 0.1) is 13.2 Å². The zero-order chi connectivity index (χ0) is 12.0. The molecule has 0 fully saturated rings. The third-order valence-corrected chi connectivity index (χ3v) is 2.79. The SMILES string of the molecule is COCC(COC)c1ccccc1C(C)C. The monoisotopic (exact) mass is 222 g/mol. The highest BCUT2D eigenvalue weighted by molar-refractivity contribution is 5.33. The van der Waals surface area contributed by atoms with Crippen LogP contribution in [-0.4, -0.2) is 27.4 Å². The fourth-order valence-corrected chi connectivity index (χ4v) is 2.04. The van der Waals surface area contributed by atoms with Crippen LogP contribution < -0.4 is 0 Å². The molecule has 0 amide bonds. The van der Waals surface area contributed by atoms with Gasteiger partial charge in [0.2, 0.25) is 0 Å². The van der Waals surface area contributed by atoms with Gasteiger partial charge in [-0.15, -0.1) is 0 Å². The van der Waals surface area contributed by atoms with Crippen LogP contribution in [0.3, 0.4) is 0 Å². The molecule has 0 heterocycles. The average Bonchev–Trinajstić information content (AvgIpc) is 2.29. The number of hydrogen-bond donors (Lipinski definition) is 0. The molecule has 0 radical (unpaired) electrons. The lowest BCUT2D eigenvalue weighted by molar-refractivity contribution is 0.117. The van der Waals surface area contributed by atoms with Crippen molar-refractivity contribution in [3.63, 3.8) is 0 Å². The summed E-state index contributed by atoms with van der Waals surface area (Å²) in [7, 11) is 3.47. The molecule has 1 aromatic carbocycles. The van der Waals surface area contributed by atoms with Crippen molar-refractivity contribution >= 4 is 0 Å². The summed E-state index contributed by atoms with van der Waals surface area (Å²) in [6.07, 6.45) is 0. The van der Waals surface area contributed by atoms with E-state index < -0.39 is 0 Å². The van der Waals surface area contributed by atoms with E-state index in [2.05, 4.69) is 38.1 Å². The molecular formula is C14H22O2. The number of hydrogen-bond acceptors (Lipinski definition) is 2. The highest BCUT2D eigenvalue weighted by Gasteiger charge is 2.16. The van der Waals surface area contributed by atoms with E-state index in [9.17, 15) is 0 Å². The Morgan fingerprint density at radius 1 is 0.938 bits per heavy atom. The molecule has 0 aromatic heterocycles. The molecule has 0 aliphatic heterocycles. The number of methoxy groups -OCH3 is 2. The first kappa shape index (κ1) is 13.2. The summed E-state index contributed by atoms with van der Waals surface area (Å²) < 4.78 is 10.5. The Morgan fingerprint density at radius 2 is 1.44 bits per heavy atom. The summed E-state index contributed by atoms with van der Waals surface area (Å²) in [4.78, 5) is 0. The molecule has 0 aliphatic carbocycles. The molecule has 1 rings (SSSR count). The first-order valence-corrected chi connectivity index (χ1v) is 5.77. The largest absolute Gasteiger partial charge is 0.384 e. The van der Waals surface area contributed by atoms with Crippen molar-refractivity contribution in [3.05, 3.63) is 35.4 Å². The molecule has 0 spiro atoms. The van der Waals surface area contributed by atoms with E-state index in [1.54, 1.807) is 14.2 Å². The summed E-state index contributed by atoms with van der Waals surface area (Å²) >= 11 is 0. The van der Waals surface area contributed by atoms with Crippen molar-refractivity contribution in [1.82, 2.24) is 0 Å². The van der Waals surface area contributed by atoms with Gasteiger partial charge in [0.25, 0.3) is 0 Å². The average molecular weight is 222 g/mol. The van der Waals surface area contributed by atoms with Crippen molar-refractivity contribution in [3.8, 4) is 0 Å². The first-order chi connectivity index (χ1) is 7.70. The van der Waals surface area contributed by atoms with Crippen LogP contribution in [0.5, 0.6) is 0 Å². The van der Waals surface area contributed by atoms with Crippen LogP contribution >= 0.6 is 0 Å². The lowest BCUT2D eigenvalue weighted by Gasteiger charge is -2.20. The van der Waals surface area contributed by atoms with E-state index in [4.69, 9.17) is 9.47 Å². The fraction of sp³-hybridized carbons (Fsp3) is 0.571. The molecule has 0 saturated carbocycles. The molecule has 0 bridgehead atoms. The Balaban J connectivity index is 2.97. The van der Waals surface area contributed by atoms with E-state index in [1.807, 2.05) is 0 Å². The third-order valence-electron chi connectivity index (χ3n) is 2.79. The Bertz CT molecular complexity index is 301. The fourth-order valence-electron chi connectivity index (χ4n) is 2.04. The van der Waals surface area contributed by atoms with Gasteiger partial charge < -0.3 is 9.47 Å². The molecule has 0 N–H and O–H groups in total. The van der Waals surface area contributed by atoms with Gasteiger partial charge in [-0.3, -0.25) is 0 Å². The Labute approximate surface area is 98.6 Å². The van der Waals surface area contributed by atoms with E-state index in [0.717, 1.165) is 0 Å². The first-order valence-electron chi connectivity index (χ1n) is 5.77. The van der Waals surface area contributed by atoms with Gasteiger partial charge in [-0.1, -0.05) is 38.1 Å².